The Morgan fingerprint density at radius 3 is 2.52 bits per heavy atom. The lowest BCUT2D eigenvalue weighted by atomic mass is 10.1. The molecule has 2 heterocycles. The first-order valence-electron chi connectivity index (χ1n) is 7.58. The van der Waals surface area contributed by atoms with E-state index in [2.05, 4.69) is 53.5 Å². The van der Waals surface area contributed by atoms with Gasteiger partial charge in [-0.05, 0) is 23.6 Å². The van der Waals surface area contributed by atoms with Crippen LogP contribution in [0.15, 0.2) is 54.6 Å². The normalized spacial score (nSPS) is 11.2. The molecule has 4 rings (SSSR count). The van der Waals surface area contributed by atoms with Crippen LogP contribution in [0.5, 0.6) is 0 Å². The Morgan fingerprint density at radius 1 is 0.913 bits per heavy atom. The van der Waals surface area contributed by atoms with E-state index in [9.17, 15) is 0 Å². The number of rotatable bonds is 4. The van der Waals surface area contributed by atoms with E-state index in [1.807, 2.05) is 22.7 Å². The van der Waals surface area contributed by atoms with Gasteiger partial charge in [0.1, 0.15) is 5.01 Å². The van der Waals surface area contributed by atoms with E-state index in [-0.39, 0.29) is 0 Å². The van der Waals surface area contributed by atoms with Crippen molar-refractivity contribution in [3.63, 3.8) is 0 Å². The Balaban J connectivity index is 1.63. The van der Waals surface area contributed by atoms with Crippen molar-refractivity contribution in [1.82, 2.24) is 19.8 Å². The molecule has 0 aliphatic carbocycles. The van der Waals surface area contributed by atoms with Gasteiger partial charge in [0.05, 0.1) is 0 Å². The number of hydrogen-bond donors (Lipinski definition) is 0. The number of nitrogens with zero attached hydrogens (tertiary/aromatic N) is 4. The maximum Gasteiger partial charge on any atom is 0.234 e. The highest BCUT2D eigenvalue weighted by atomic mass is 32.1. The molecule has 0 atom stereocenters. The molecule has 5 heteroatoms. The predicted octanol–water partition coefficient (Wildman–Crippen LogP) is 3.68. The second-order valence-corrected chi connectivity index (χ2v) is 6.61. The third-order valence-electron chi connectivity index (χ3n) is 3.91. The second-order valence-electron chi connectivity index (χ2n) is 5.57. The molecule has 0 unspecified atom stereocenters. The highest BCUT2D eigenvalue weighted by Crippen LogP contribution is 2.20. The summed E-state index contributed by atoms with van der Waals surface area (Å²) in [5, 5.41) is 14.3. The van der Waals surface area contributed by atoms with Gasteiger partial charge in [0.2, 0.25) is 4.96 Å². The Bertz CT molecular complexity index is 940. The highest BCUT2D eigenvalue weighted by Gasteiger charge is 2.13. The molecule has 4 aromatic rings. The van der Waals surface area contributed by atoms with Crippen LogP contribution in [0.2, 0.25) is 0 Å². The molecular weight excluding hydrogens is 304 g/mol. The number of aryl methyl sites for hydroxylation is 1. The van der Waals surface area contributed by atoms with Gasteiger partial charge in [0, 0.05) is 12.8 Å². The summed E-state index contributed by atoms with van der Waals surface area (Å²) in [6.45, 7) is 2.14. The van der Waals surface area contributed by atoms with Crippen molar-refractivity contribution in [1.29, 1.82) is 0 Å². The minimum absolute atomic E-state index is 0.746. The molecule has 0 aliphatic heterocycles. The number of aromatic nitrogens is 4. The Hall–Kier alpha value is -2.53. The van der Waals surface area contributed by atoms with E-state index in [1.54, 1.807) is 11.3 Å². The first-order valence-corrected chi connectivity index (χ1v) is 8.40. The Labute approximate surface area is 138 Å². The largest absolute Gasteiger partial charge is 0.234 e. The summed E-state index contributed by atoms with van der Waals surface area (Å²) in [5.74, 6) is 0.887. The minimum Gasteiger partial charge on any atom is -0.187 e. The molecule has 4 nitrogen and oxygen atoms in total. The summed E-state index contributed by atoms with van der Waals surface area (Å²) < 4.78 is 1.88. The molecule has 0 radical (unpaired) electrons. The van der Waals surface area contributed by atoms with Crippen LogP contribution in [-0.4, -0.2) is 19.8 Å². The summed E-state index contributed by atoms with van der Waals surface area (Å²) in [7, 11) is 0. The van der Waals surface area contributed by atoms with Crippen LogP contribution in [0, 0.1) is 6.92 Å². The van der Waals surface area contributed by atoms with E-state index in [4.69, 9.17) is 5.10 Å². The number of hydrogen-bond acceptors (Lipinski definition) is 4. The van der Waals surface area contributed by atoms with Gasteiger partial charge in [-0.1, -0.05) is 65.9 Å². The maximum atomic E-state index is 4.72. The van der Waals surface area contributed by atoms with E-state index in [0.717, 1.165) is 28.6 Å². The van der Waals surface area contributed by atoms with Crippen molar-refractivity contribution >= 4 is 16.3 Å². The topological polar surface area (TPSA) is 43.1 Å². The van der Waals surface area contributed by atoms with Gasteiger partial charge in [-0.2, -0.15) is 9.61 Å². The van der Waals surface area contributed by atoms with E-state index < -0.39 is 0 Å². The van der Waals surface area contributed by atoms with Crippen LogP contribution in [0.1, 0.15) is 27.5 Å². The van der Waals surface area contributed by atoms with Gasteiger partial charge in [0.15, 0.2) is 5.82 Å². The standard InChI is InChI=1S/C18H16N4S/c1-13-7-5-6-10-15(13)12-17-21-22-16(19-20-18(22)23-17)11-14-8-3-2-4-9-14/h2-10H,11-12H2,1H3. The van der Waals surface area contributed by atoms with Gasteiger partial charge < -0.3 is 0 Å². The molecule has 0 N–H and O–H groups in total. The van der Waals surface area contributed by atoms with Crippen molar-refractivity contribution in [3.05, 3.63) is 82.1 Å². The van der Waals surface area contributed by atoms with Crippen molar-refractivity contribution in [3.8, 4) is 0 Å². The van der Waals surface area contributed by atoms with E-state index in [1.165, 1.54) is 16.7 Å². The fourth-order valence-electron chi connectivity index (χ4n) is 2.63. The Kier molecular flexibility index (Phi) is 3.63. The summed E-state index contributed by atoms with van der Waals surface area (Å²) in [4.78, 5) is 0.861. The van der Waals surface area contributed by atoms with Crippen molar-refractivity contribution in [2.45, 2.75) is 19.8 Å². The average Bonchev–Trinajstić information content (AvgIpc) is 3.12. The van der Waals surface area contributed by atoms with E-state index >= 15 is 0 Å². The molecule has 0 saturated carbocycles. The van der Waals surface area contributed by atoms with Gasteiger partial charge in [-0.25, -0.2) is 0 Å². The summed E-state index contributed by atoms with van der Waals surface area (Å²) in [6.07, 6.45) is 1.58. The highest BCUT2D eigenvalue weighted by molar-refractivity contribution is 7.16. The first-order chi connectivity index (χ1) is 11.3. The molecular formula is C18H16N4S. The quantitative estimate of drug-likeness (QED) is 0.576. The monoisotopic (exact) mass is 320 g/mol. The average molecular weight is 320 g/mol. The summed E-state index contributed by atoms with van der Waals surface area (Å²) in [6, 6.07) is 18.7. The molecule has 0 bridgehead atoms. The Morgan fingerprint density at radius 2 is 1.70 bits per heavy atom. The third-order valence-corrected chi connectivity index (χ3v) is 4.80. The fourth-order valence-corrected chi connectivity index (χ4v) is 3.50. The smallest absolute Gasteiger partial charge is 0.187 e. The van der Waals surface area contributed by atoms with Gasteiger partial charge in [-0.15, -0.1) is 10.2 Å². The third kappa shape index (κ3) is 2.87. The van der Waals surface area contributed by atoms with Crippen molar-refractivity contribution in [2.24, 2.45) is 0 Å². The predicted molar refractivity (Wildman–Crippen MR) is 91.9 cm³/mol. The minimum atomic E-state index is 0.746. The lowest BCUT2D eigenvalue weighted by Crippen LogP contribution is -1.99. The van der Waals surface area contributed by atoms with Gasteiger partial charge in [0.25, 0.3) is 0 Å². The second kappa shape index (κ2) is 5.93. The maximum absolute atomic E-state index is 4.72. The van der Waals surface area contributed by atoms with Gasteiger partial charge in [-0.3, -0.25) is 0 Å². The SMILES string of the molecule is Cc1ccccc1Cc1nn2c(Cc3ccccc3)nnc2s1. The molecule has 0 spiro atoms. The van der Waals surface area contributed by atoms with E-state index in [0.29, 0.717) is 0 Å². The molecule has 0 fully saturated rings. The molecule has 114 valence electrons. The zero-order valence-corrected chi connectivity index (χ0v) is 13.6. The van der Waals surface area contributed by atoms with Crippen LogP contribution >= 0.6 is 11.3 Å². The van der Waals surface area contributed by atoms with Crippen LogP contribution in [0.3, 0.4) is 0 Å². The molecule has 0 saturated heterocycles. The molecule has 2 aromatic heterocycles. The van der Waals surface area contributed by atoms with Crippen LogP contribution in [0.25, 0.3) is 4.96 Å². The lowest BCUT2D eigenvalue weighted by molar-refractivity contribution is 0.830. The lowest BCUT2D eigenvalue weighted by Gasteiger charge is -2.01. The van der Waals surface area contributed by atoms with Gasteiger partial charge >= 0.3 is 0 Å². The molecule has 0 amide bonds. The van der Waals surface area contributed by atoms with Crippen molar-refractivity contribution < 1.29 is 0 Å². The van der Waals surface area contributed by atoms with Crippen molar-refractivity contribution in [2.75, 3.05) is 0 Å². The van der Waals surface area contributed by atoms with Crippen LogP contribution < -0.4 is 0 Å². The van der Waals surface area contributed by atoms with Crippen LogP contribution in [-0.2, 0) is 12.8 Å². The first kappa shape index (κ1) is 14.1. The molecule has 0 aliphatic rings. The zero-order chi connectivity index (χ0) is 15.6. The number of fused-ring (bicyclic) bond motifs is 1. The van der Waals surface area contributed by atoms with Crippen LogP contribution in [0.4, 0.5) is 0 Å². The molecule has 23 heavy (non-hydrogen) atoms. The molecule has 2 aromatic carbocycles. The number of benzene rings is 2. The summed E-state index contributed by atoms with van der Waals surface area (Å²) in [5.41, 5.74) is 3.82. The fraction of sp³-hybridized carbons (Fsp3) is 0.167. The summed E-state index contributed by atoms with van der Waals surface area (Å²) >= 11 is 1.61. The zero-order valence-electron chi connectivity index (χ0n) is 12.8.